The number of fused-ring (bicyclic) bond motifs is 1. The maximum Gasteiger partial charge on any atom is 0.413 e. The number of carbonyl (C=O) groups excluding carboxylic acids is 5. The van der Waals surface area contributed by atoms with Crippen molar-refractivity contribution in [3.8, 4) is 0 Å². The quantitative estimate of drug-likeness (QED) is 0.0821. The summed E-state index contributed by atoms with van der Waals surface area (Å²) < 4.78 is 27.5. The lowest BCUT2D eigenvalue weighted by Crippen LogP contribution is -2.75. The third-order valence-electron chi connectivity index (χ3n) is 5.44. The summed E-state index contributed by atoms with van der Waals surface area (Å²) in [4.78, 5) is 72.9. The summed E-state index contributed by atoms with van der Waals surface area (Å²) in [6.07, 6.45) is -2.00. The number of nitrogens with one attached hydrogen (secondary N) is 2. The topological polar surface area (TPSA) is 198 Å². The Hall–Kier alpha value is -3.28. The molecule has 1 saturated heterocycles. The average Bonchev–Trinajstić information content (AvgIpc) is 3.36. The Kier molecular flexibility index (Phi) is 10.3. The number of amides is 3. The maximum absolute atomic E-state index is 13.4. The van der Waals surface area contributed by atoms with Gasteiger partial charge >= 0.3 is 34.1 Å². The van der Waals surface area contributed by atoms with Gasteiger partial charge in [-0.2, -0.15) is 0 Å². The fraction of sp³-hybridized carbons (Fsp3) is 0.476. The van der Waals surface area contributed by atoms with Crippen LogP contribution in [0, 0.1) is 0 Å². The van der Waals surface area contributed by atoms with Gasteiger partial charge in [0.2, 0.25) is 11.5 Å². The zero-order valence-corrected chi connectivity index (χ0v) is 25.2. The van der Waals surface area contributed by atoms with Gasteiger partial charge in [-0.3, -0.25) is 19.8 Å². The lowest BCUT2D eigenvalue weighted by Gasteiger charge is -2.49. The van der Waals surface area contributed by atoms with E-state index in [1.54, 1.807) is 20.8 Å². The van der Waals surface area contributed by atoms with Crippen LogP contribution in [0.5, 0.6) is 0 Å². The second-order valence-corrected chi connectivity index (χ2v) is 12.2. The third kappa shape index (κ3) is 7.33. The van der Waals surface area contributed by atoms with Gasteiger partial charge in [0.1, 0.15) is 22.7 Å². The average molecular weight is 630 g/mol. The molecule has 41 heavy (non-hydrogen) atoms. The van der Waals surface area contributed by atoms with Crippen molar-refractivity contribution in [1.29, 1.82) is 0 Å². The zero-order chi connectivity index (χ0) is 30.6. The van der Waals surface area contributed by atoms with Gasteiger partial charge in [0.25, 0.3) is 11.8 Å². The Morgan fingerprint density at radius 3 is 2.59 bits per heavy atom. The molecule has 1 fully saturated rings. The van der Waals surface area contributed by atoms with Crippen molar-refractivity contribution in [3.63, 3.8) is 0 Å². The van der Waals surface area contributed by atoms with E-state index in [1.807, 2.05) is 0 Å². The van der Waals surface area contributed by atoms with E-state index in [4.69, 9.17) is 25.8 Å². The van der Waals surface area contributed by atoms with E-state index < -0.39 is 69.9 Å². The molecule has 0 saturated carbocycles. The van der Waals surface area contributed by atoms with Crippen LogP contribution >= 0.6 is 22.9 Å². The van der Waals surface area contributed by atoms with Crippen LogP contribution in [0.25, 0.3) is 0 Å². The Morgan fingerprint density at radius 2 is 2.00 bits per heavy atom. The Balaban J connectivity index is 1.86. The monoisotopic (exact) mass is 629 g/mol. The fourth-order valence-corrected chi connectivity index (χ4v) is 6.33. The number of oxime groups is 1. The first-order chi connectivity index (χ1) is 19.2. The van der Waals surface area contributed by atoms with E-state index in [0.29, 0.717) is 0 Å². The molecular weight excluding hydrogens is 603 g/mol. The van der Waals surface area contributed by atoms with Gasteiger partial charge in [-0.05, 0) is 38.9 Å². The van der Waals surface area contributed by atoms with Gasteiger partial charge in [-0.15, -0.1) is 22.9 Å². The predicted octanol–water partition coefficient (Wildman–Crippen LogP) is -1.31. The van der Waals surface area contributed by atoms with Gasteiger partial charge in [-0.25, -0.2) is 19.4 Å². The second kappa shape index (κ2) is 13.1. The van der Waals surface area contributed by atoms with Crippen molar-refractivity contribution in [2.75, 3.05) is 16.9 Å². The summed E-state index contributed by atoms with van der Waals surface area (Å²) in [5.41, 5.74) is -1.17. The van der Waals surface area contributed by atoms with Crippen molar-refractivity contribution >= 4 is 90.9 Å². The normalized spacial score (nSPS) is 21.2. The van der Waals surface area contributed by atoms with Crippen LogP contribution in [-0.2, 0) is 49.2 Å². The minimum absolute atomic E-state index is 0.0523. The summed E-state index contributed by atoms with van der Waals surface area (Å²) in [6, 6.07) is -1.30. The van der Waals surface area contributed by atoms with Crippen LogP contribution < -0.4 is 10.6 Å². The highest BCUT2D eigenvalue weighted by Crippen LogP contribution is 2.37. The molecule has 4 atom stereocenters. The highest BCUT2D eigenvalue weighted by Gasteiger charge is 2.61. The van der Waals surface area contributed by atoms with Crippen LogP contribution in [0.4, 0.5) is 9.93 Å². The first-order valence-electron chi connectivity index (χ1n) is 11.9. The molecule has 0 aromatic carbocycles. The number of halogens is 1. The van der Waals surface area contributed by atoms with Crippen LogP contribution in [0.3, 0.4) is 0 Å². The van der Waals surface area contributed by atoms with Crippen LogP contribution in [0.1, 0.15) is 33.4 Å². The number of rotatable bonds is 9. The predicted molar refractivity (Wildman–Crippen MR) is 152 cm³/mol. The first-order valence-corrected chi connectivity index (χ1v) is 14.7. The molecular formula is C21H26B2ClN5O10S2. The number of hydrogen-bond acceptors (Lipinski definition) is 13. The molecule has 1 aromatic rings. The van der Waals surface area contributed by atoms with E-state index in [0.717, 1.165) is 32.3 Å². The Bertz CT molecular complexity index is 1300. The molecule has 3 rings (SSSR count). The molecule has 0 radical (unpaired) electrons. The van der Waals surface area contributed by atoms with Gasteiger partial charge in [0.15, 0.2) is 16.9 Å². The van der Waals surface area contributed by atoms with Crippen molar-refractivity contribution in [1.82, 2.24) is 15.2 Å². The molecule has 20 heteroatoms. The first kappa shape index (κ1) is 32.2. The fourth-order valence-electron chi connectivity index (χ4n) is 3.63. The molecule has 1 unspecified atom stereocenters. The smallest absolute Gasteiger partial charge is 0.413 e. The number of anilines is 1. The highest BCUT2D eigenvalue weighted by molar-refractivity contribution is 7.92. The lowest BCUT2D eigenvalue weighted by atomic mass is 10.0. The van der Waals surface area contributed by atoms with E-state index in [-0.39, 0.29) is 33.7 Å². The molecule has 2 aliphatic heterocycles. The summed E-state index contributed by atoms with van der Waals surface area (Å²) >= 11 is 5.12. The lowest BCUT2D eigenvalue weighted by molar-refractivity contribution is -0.149. The molecule has 0 bridgehead atoms. The van der Waals surface area contributed by atoms with Crippen LogP contribution in [0.15, 0.2) is 21.8 Å². The minimum Gasteiger partial charge on any atom is -0.614 e. The number of alkyl halides is 1. The molecule has 2 aliphatic rings. The van der Waals surface area contributed by atoms with Gasteiger partial charge < -0.3 is 28.8 Å². The van der Waals surface area contributed by atoms with Gasteiger partial charge in [0.05, 0.1) is 5.88 Å². The number of thiazole rings is 1. The number of aromatic nitrogens is 1. The summed E-state index contributed by atoms with van der Waals surface area (Å²) in [6.45, 7) is 6.36. The van der Waals surface area contributed by atoms with Crippen molar-refractivity contribution in [2.24, 2.45) is 5.16 Å². The van der Waals surface area contributed by atoms with Crippen LogP contribution in [-0.4, -0.2) is 101 Å². The van der Waals surface area contributed by atoms with E-state index in [2.05, 4.69) is 25.4 Å². The molecule has 220 valence electrons. The number of β-lactam (4-membered cyclic amide) rings is 1. The minimum atomic E-state index is -1.72. The zero-order valence-electron chi connectivity index (χ0n) is 22.8. The summed E-state index contributed by atoms with van der Waals surface area (Å²) in [7, 11) is 2.27. The molecule has 3 heterocycles. The van der Waals surface area contributed by atoms with Crippen LogP contribution in [0.2, 0.25) is 0 Å². The highest BCUT2D eigenvalue weighted by atomic mass is 35.5. The molecule has 3 amide bonds. The molecule has 15 nitrogen and oxygen atoms in total. The number of nitrogens with zero attached hydrogens (tertiary/aromatic N) is 3. The number of ether oxygens (including phenoxy) is 1. The van der Waals surface area contributed by atoms with Crippen molar-refractivity contribution in [2.45, 2.75) is 50.8 Å². The van der Waals surface area contributed by atoms with Crippen molar-refractivity contribution < 1.29 is 47.4 Å². The summed E-state index contributed by atoms with van der Waals surface area (Å²) in [5, 5.41) is 8.98. The largest absolute Gasteiger partial charge is 0.614 e. The second-order valence-electron chi connectivity index (χ2n) is 9.53. The van der Waals surface area contributed by atoms with E-state index >= 15 is 0 Å². The maximum atomic E-state index is 13.4. The SMILES string of the molecule is BOC(=O)C1=C(CCl)C[S+]([O-])[C@@H]2[C@H](NC(=O)/C(=N\O[C@@H](C)C(=O)OB)c3csc(NC(=O)OC(C)(C)C)n3)C(=O)N12. The van der Waals surface area contributed by atoms with Crippen molar-refractivity contribution in [3.05, 3.63) is 22.3 Å². The number of hydrogen-bond donors (Lipinski definition) is 2. The number of carbonyl (C=O) groups is 5. The molecule has 1 aromatic heterocycles. The molecule has 0 aliphatic carbocycles. The van der Waals surface area contributed by atoms with E-state index in [9.17, 15) is 28.5 Å². The Labute approximate surface area is 248 Å². The van der Waals surface area contributed by atoms with Gasteiger partial charge in [0, 0.05) is 11.0 Å². The standard InChI is InChI=1S/C21H26B2ClN5O10S2/c1-8(17(32)37-22)39-28-11(10-6-40-19(25-10)27-20(34)36-21(2,3)4)14(30)26-12-15(31)29-13(18(33)38-23)9(5-24)7-41(35)16(12)29/h6,8,12,16H,5,7,22-23H2,1-4H3,(H,26,30)(H,25,27,34)/b28-11-/t8-,12+,16+,41?/m0/s1. The third-order valence-corrected chi connectivity index (χ3v) is 8.17. The Morgan fingerprint density at radius 1 is 1.32 bits per heavy atom. The van der Waals surface area contributed by atoms with Gasteiger partial charge in [-0.1, -0.05) is 5.16 Å². The van der Waals surface area contributed by atoms with E-state index in [1.165, 1.54) is 12.3 Å². The molecule has 0 spiro atoms. The molecule has 2 N–H and O–H groups in total. The summed E-state index contributed by atoms with van der Waals surface area (Å²) in [5.74, 6) is -3.58.